The molecule has 26 heavy (non-hydrogen) atoms. The van der Waals surface area contributed by atoms with Crippen molar-refractivity contribution in [2.45, 2.75) is 44.1 Å². The molecule has 2 aromatic heterocycles. The monoisotopic (exact) mass is 352 g/mol. The zero-order valence-electron chi connectivity index (χ0n) is 14.7. The maximum atomic E-state index is 13.3. The van der Waals surface area contributed by atoms with Crippen molar-refractivity contribution in [1.29, 1.82) is 0 Å². The minimum absolute atomic E-state index is 0.0261. The number of carbonyl (C=O) groups is 1. The average molecular weight is 352 g/mol. The van der Waals surface area contributed by atoms with Gasteiger partial charge in [-0.3, -0.25) is 9.20 Å². The van der Waals surface area contributed by atoms with Gasteiger partial charge in [0, 0.05) is 6.20 Å². The van der Waals surface area contributed by atoms with E-state index in [0.717, 1.165) is 36.9 Å². The van der Waals surface area contributed by atoms with Crippen LogP contribution in [-0.2, 0) is 10.2 Å². The Morgan fingerprint density at radius 3 is 2.62 bits per heavy atom. The van der Waals surface area contributed by atoms with Crippen molar-refractivity contribution in [2.24, 2.45) is 0 Å². The first-order valence-corrected chi connectivity index (χ1v) is 8.97. The lowest BCUT2D eigenvalue weighted by Crippen LogP contribution is -2.43. The van der Waals surface area contributed by atoms with E-state index in [1.165, 1.54) is 12.1 Å². The molecule has 0 radical (unpaired) electrons. The molecule has 0 aliphatic heterocycles. The molecule has 1 fully saturated rings. The second-order valence-corrected chi connectivity index (χ2v) is 6.98. The summed E-state index contributed by atoms with van der Waals surface area (Å²) in [5.74, 6) is 0.383. The van der Waals surface area contributed by atoms with E-state index in [4.69, 9.17) is 0 Å². The van der Waals surface area contributed by atoms with Crippen LogP contribution in [0.15, 0.2) is 48.7 Å². The van der Waals surface area contributed by atoms with E-state index in [1.807, 2.05) is 35.7 Å². The maximum Gasteiger partial charge on any atom is 0.231 e. The van der Waals surface area contributed by atoms with Gasteiger partial charge in [-0.15, -0.1) is 10.2 Å². The topological polar surface area (TPSA) is 59.3 Å². The Hall–Kier alpha value is -2.76. The van der Waals surface area contributed by atoms with Crippen LogP contribution in [0.3, 0.4) is 0 Å². The molecule has 134 valence electrons. The first-order chi connectivity index (χ1) is 12.6. The summed E-state index contributed by atoms with van der Waals surface area (Å²) in [6.07, 6.45) is 5.42. The number of halogens is 1. The molecule has 4 rings (SSSR count). The predicted molar refractivity (Wildman–Crippen MR) is 96.1 cm³/mol. The van der Waals surface area contributed by atoms with Crippen LogP contribution in [0.5, 0.6) is 0 Å². The van der Waals surface area contributed by atoms with Gasteiger partial charge in [0.1, 0.15) is 5.82 Å². The first-order valence-electron chi connectivity index (χ1n) is 8.97. The van der Waals surface area contributed by atoms with Gasteiger partial charge in [-0.05, 0) is 49.6 Å². The molecule has 2 heterocycles. The van der Waals surface area contributed by atoms with Crippen LogP contribution in [-0.4, -0.2) is 20.5 Å². The van der Waals surface area contributed by atoms with Crippen LogP contribution in [0.25, 0.3) is 5.65 Å². The van der Waals surface area contributed by atoms with Crippen molar-refractivity contribution in [3.8, 4) is 0 Å². The number of hydrogen-bond acceptors (Lipinski definition) is 3. The predicted octanol–water partition coefficient (Wildman–Crippen LogP) is 3.56. The lowest BCUT2D eigenvalue weighted by Gasteiger charge is -2.29. The molecule has 1 unspecified atom stereocenters. The highest BCUT2D eigenvalue weighted by molar-refractivity contribution is 5.88. The zero-order valence-corrected chi connectivity index (χ0v) is 14.7. The van der Waals surface area contributed by atoms with Crippen LogP contribution < -0.4 is 5.32 Å². The van der Waals surface area contributed by atoms with Gasteiger partial charge in [-0.25, -0.2) is 4.39 Å². The SMILES string of the molecule is CC(NC(=O)C1(c2ccc(F)cc2)CCCC1)c1nnc2ccccn12. The van der Waals surface area contributed by atoms with Gasteiger partial charge in [-0.1, -0.05) is 31.0 Å². The number of aromatic nitrogens is 3. The number of rotatable bonds is 4. The molecule has 0 spiro atoms. The molecule has 5 nitrogen and oxygen atoms in total. The minimum Gasteiger partial charge on any atom is -0.346 e. The number of benzene rings is 1. The second-order valence-electron chi connectivity index (χ2n) is 6.98. The van der Waals surface area contributed by atoms with E-state index < -0.39 is 5.41 Å². The van der Waals surface area contributed by atoms with Crippen molar-refractivity contribution < 1.29 is 9.18 Å². The lowest BCUT2D eigenvalue weighted by molar-refractivity contribution is -0.127. The summed E-state index contributed by atoms with van der Waals surface area (Å²) in [7, 11) is 0. The first kappa shape index (κ1) is 16.7. The quantitative estimate of drug-likeness (QED) is 0.781. The fourth-order valence-electron chi connectivity index (χ4n) is 3.95. The molecule has 1 atom stereocenters. The summed E-state index contributed by atoms with van der Waals surface area (Å²) in [6, 6.07) is 11.7. The van der Waals surface area contributed by atoms with Crippen molar-refractivity contribution in [3.63, 3.8) is 0 Å². The van der Waals surface area contributed by atoms with Crippen LogP contribution in [0.1, 0.15) is 50.0 Å². The van der Waals surface area contributed by atoms with Crippen molar-refractivity contribution in [1.82, 2.24) is 19.9 Å². The molecule has 3 aromatic rings. The largest absolute Gasteiger partial charge is 0.346 e. The third-order valence-electron chi connectivity index (χ3n) is 5.36. The number of amides is 1. The Morgan fingerprint density at radius 2 is 1.88 bits per heavy atom. The van der Waals surface area contributed by atoms with E-state index in [9.17, 15) is 9.18 Å². The molecule has 1 aliphatic carbocycles. The summed E-state index contributed by atoms with van der Waals surface area (Å²) in [6.45, 7) is 1.91. The number of pyridine rings is 1. The maximum absolute atomic E-state index is 13.3. The molecular formula is C20H21FN4O. The molecule has 1 aromatic carbocycles. The molecule has 0 saturated heterocycles. The van der Waals surface area contributed by atoms with Crippen molar-refractivity contribution in [3.05, 3.63) is 65.9 Å². The number of nitrogens with zero attached hydrogens (tertiary/aromatic N) is 3. The van der Waals surface area contributed by atoms with E-state index in [1.54, 1.807) is 12.1 Å². The van der Waals surface area contributed by atoms with Crippen LogP contribution in [0.2, 0.25) is 0 Å². The van der Waals surface area contributed by atoms with Gasteiger partial charge in [0.25, 0.3) is 0 Å². The number of carbonyl (C=O) groups excluding carboxylic acids is 1. The highest BCUT2D eigenvalue weighted by Crippen LogP contribution is 2.41. The average Bonchev–Trinajstić information content (AvgIpc) is 3.30. The normalized spacial score (nSPS) is 17.3. The van der Waals surface area contributed by atoms with Crippen LogP contribution >= 0.6 is 0 Å². The fourth-order valence-corrected chi connectivity index (χ4v) is 3.95. The van der Waals surface area contributed by atoms with Gasteiger partial charge in [0.15, 0.2) is 11.5 Å². The lowest BCUT2D eigenvalue weighted by atomic mass is 9.78. The Labute approximate surface area is 151 Å². The molecular weight excluding hydrogens is 331 g/mol. The molecule has 1 amide bonds. The summed E-state index contributed by atoms with van der Waals surface area (Å²) in [5, 5.41) is 11.5. The highest BCUT2D eigenvalue weighted by atomic mass is 19.1. The molecule has 1 saturated carbocycles. The molecule has 0 bridgehead atoms. The van der Waals surface area contributed by atoms with Gasteiger partial charge >= 0.3 is 0 Å². The third kappa shape index (κ3) is 2.75. The number of fused-ring (bicyclic) bond motifs is 1. The number of hydrogen-bond donors (Lipinski definition) is 1. The summed E-state index contributed by atoms with van der Waals surface area (Å²) in [5.41, 5.74) is 1.03. The van der Waals surface area contributed by atoms with Gasteiger partial charge in [0.05, 0.1) is 11.5 Å². The Morgan fingerprint density at radius 1 is 1.15 bits per heavy atom. The Balaban J connectivity index is 1.62. The summed E-state index contributed by atoms with van der Waals surface area (Å²) >= 11 is 0. The summed E-state index contributed by atoms with van der Waals surface area (Å²) in [4.78, 5) is 13.2. The number of nitrogens with one attached hydrogen (secondary N) is 1. The molecule has 1 aliphatic rings. The van der Waals surface area contributed by atoms with Gasteiger partial charge < -0.3 is 5.32 Å². The molecule has 6 heteroatoms. The third-order valence-corrected chi connectivity index (χ3v) is 5.36. The minimum atomic E-state index is -0.595. The van der Waals surface area contributed by atoms with Crippen molar-refractivity contribution in [2.75, 3.05) is 0 Å². The second kappa shape index (κ2) is 6.52. The van der Waals surface area contributed by atoms with Crippen LogP contribution in [0, 0.1) is 5.82 Å². The summed E-state index contributed by atoms with van der Waals surface area (Å²) < 4.78 is 15.2. The van der Waals surface area contributed by atoms with Gasteiger partial charge in [-0.2, -0.15) is 0 Å². The Bertz CT molecular complexity index is 928. The van der Waals surface area contributed by atoms with Crippen molar-refractivity contribution >= 4 is 11.6 Å². The van der Waals surface area contributed by atoms with E-state index in [-0.39, 0.29) is 17.8 Å². The van der Waals surface area contributed by atoms with E-state index in [2.05, 4.69) is 15.5 Å². The smallest absolute Gasteiger partial charge is 0.231 e. The Kier molecular flexibility index (Phi) is 4.18. The fraction of sp³-hybridized carbons (Fsp3) is 0.350. The standard InChI is InChI=1S/C20H21FN4O/c1-14(18-24-23-17-6-2-5-13-25(17)18)22-19(26)20(11-3-4-12-20)15-7-9-16(21)10-8-15/h2,5-10,13-14H,3-4,11-12H2,1H3,(H,22,26). The molecule has 1 N–H and O–H groups in total. The highest BCUT2D eigenvalue weighted by Gasteiger charge is 2.43. The van der Waals surface area contributed by atoms with Gasteiger partial charge in [0.2, 0.25) is 5.91 Å². The zero-order chi connectivity index (χ0) is 18.1. The van der Waals surface area contributed by atoms with E-state index in [0.29, 0.717) is 5.82 Å². The van der Waals surface area contributed by atoms with E-state index >= 15 is 0 Å². The van der Waals surface area contributed by atoms with Crippen LogP contribution in [0.4, 0.5) is 4.39 Å².